The SMILES string of the molecule is CCCOc1cccc(/C(O)=C2/C(=O)C(=O)N(Cc3ccco3)C2c2cccc(C)c2)c1. The van der Waals surface area contributed by atoms with Gasteiger partial charge >= 0.3 is 0 Å². The summed E-state index contributed by atoms with van der Waals surface area (Å²) in [5.74, 6) is -0.473. The van der Waals surface area contributed by atoms with Crippen LogP contribution in [0.15, 0.2) is 76.9 Å². The first-order chi connectivity index (χ1) is 15.5. The molecule has 1 amide bonds. The number of aliphatic hydroxyl groups is 1. The predicted octanol–water partition coefficient (Wildman–Crippen LogP) is 5.00. The van der Waals surface area contributed by atoms with Crippen molar-refractivity contribution in [2.45, 2.75) is 32.9 Å². The average Bonchev–Trinajstić information content (AvgIpc) is 3.40. The number of likely N-dealkylation sites (tertiary alicyclic amines) is 1. The van der Waals surface area contributed by atoms with Gasteiger partial charge in [-0.05, 0) is 43.2 Å². The van der Waals surface area contributed by atoms with Crippen molar-refractivity contribution in [3.8, 4) is 5.75 Å². The van der Waals surface area contributed by atoms with Crippen molar-refractivity contribution < 1.29 is 23.8 Å². The summed E-state index contributed by atoms with van der Waals surface area (Å²) in [6, 6.07) is 17.2. The zero-order chi connectivity index (χ0) is 22.7. The molecule has 1 N–H and O–H groups in total. The van der Waals surface area contributed by atoms with Crippen LogP contribution in [-0.2, 0) is 16.1 Å². The molecule has 1 saturated heterocycles. The Bertz CT molecular complexity index is 1160. The molecule has 164 valence electrons. The van der Waals surface area contributed by atoms with E-state index < -0.39 is 17.7 Å². The Labute approximate surface area is 186 Å². The molecule has 0 saturated carbocycles. The Morgan fingerprint density at radius 2 is 1.91 bits per heavy atom. The van der Waals surface area contributed by atoms with E-state index in [1.165, 1.54) is 11.2 Å². The normalized spacial score (nSPS) is 17.7. The third-order valence-electron chi connectivity index (χ3n) is 5.38. The minimum absolute atomic E-state index is 0.0554. The molecule has 1 aliphatic heterocycles. The summed E-state index contributed by atoms with van der Waals surface area (Å²) in [6.45, 7) is 4.61. The Morgan fingerprint density at radius 1 is 1.09 bits per heavy atom. The third-order valence-corrected chi connectivity index (χ3v) is 5.38. The van der Waals surface area contributed by atoms with E-state index in [1.807, 2.05) is 38.1 Å². The fourth-order valence-corrected chi connectivity index (χ4v) is 3.91. The van der Waals surface area contributed by atoms with E-state index in [4.69, 9.17) is 9.15 Å². The maximum atomic E-state index is 13.1. The minimum atomic E-state index is -0.736. The van der Waals surface area contributed by atoms with Gasteiger partial charge in [-0.15, -0.1) is 0 Å². The molecule has 6 nitrogen and oxygen atoms in total. The number of rotatable bonds is 7. The summed E-state index contributed by atoms with van der Waals surface area (Å²) in [5, 5.41) is 11.2. The topological polar surface area (TPSA) is 80.0 Å². The number of aliphatic hydroxyl groups excluding tert-OH is 1. The van der Waals surface area contributed by atoms with Crippen LogP contribution in [0.25, 0.3) is 5.76 Å². The van der Waals surface area contributed by atoms with Crippen LogP contribution >= 0.6 is 0 Å². The van der Waals surface area contributed by atoms with Gasteiger partial charge in [-0.1, -0.05) is 48.9 Å². The molecule has 1 aromatic heterocycles. The lowest BCUT2D eigenvalue weighted by Crippen LogP contribution is -2.29. The quantitative estimate of drug-likeness (QED) is 0.324. The summed E-state index contributed by atoms with van der Waals surface area (Å²) in [4.78, 5) is 27.6. The van der Waals surface area contributed by atoms with E-state index in [2.05, 4.69) is 0 Å². The molecular formula is C26H25NO5. The van der Waals surface area contributed by atoms with Crippen molar-refractivity contribution in [2.75, 3.05) is 6.61 Å². The summed E-state index contributed by atoms with van der Waals surface area (Å²) >= 11 is 0. The summed E-state index contributed by atoms with van der Waals surface area (Å²) in [5.41, 5.74) is 2.21. The number of ketones is 1. The van der Waals surface area contributed by atoms with E-state index in [9.17, 15) is 14.7 Å². The van der Waals surface area contributed by atoms with Crippen molar-refractivity contribution in [3.63, 3.8) is 0 Å². The van der Waals surface area contributed by atoms with Gasteiger partial charge in [0, 0.05) is 5.56 Å². The Kier molecular flexibility index (Phi) is 6.12. The molecule has 1 aliphatic rings. The fraction of sp³-hybridized carbons (Fsp3) is 0.231. The molecule has 32 heavy (non-hydrogen) atoms. The number of carbonyl (C=O) groups excluding carboxylic acids is 2. The van der Waals surface area contributed by atoms with E-state index in [0.29, 0.717) is 23.7 Å². The number of nitrogens with zero attached hydrogens (tertiary/aromatic N) is 1. The zero-order valence-electron chi connectivity index (χ0n) is 18.1. The van der Waals surface area contributed by atoms with E-state index in [-0.39, 0.29) is 17.9 Å². The maximum absolute atomic E-state index is 13.1. The van der Waals surface area contributed by atoms with Crippen LogP contribution < -0.4 is 4.74 Å². The van der Waals surface area contributed by atoms with Gasteiger partial charge in [0.2, 0.25) is 0 Å². The molecule has 2 aromatic carbocycles. The second-order valence-electron chi connectivity index (χ2n) is 7.80. The number of carbonyl (C=O) groups is 2. The molecule has 0 aliphatic carbocycles. The minimum Gasteiger partial charge on any atom is -0.507 e. The van der Waals surface area contributed by atoms with Crippen LogP contribution in [0.4, 0.5) is 0 Å². The number of aryl methyl sites for hydroxylation is 1. The van der Waals surface area contributed by atoms with Crippen LogP contribution in [0.3, 0.4) is 0 Å². The molecule has 0 bridgehead atoms. The van der Waals surface area contributed by atoms with Crippen LogP contribution in [0.5, 0.6) is 5.75 Å². The molecule has 1 unspecified atom stereocenters. The van der Waals surface area contributed by atoms with Crippen molar-refractivity contribution >= 4 is 17.4 Å². The highest BCUT2D eigenvalue weighted by Gasteiger charge is 2.46. The second kappa shape index (κ2) is 9.14. The van der Waals surface area contributed by atoms with Gasteiger partial charge in [0.25, 0.3) is 11.7 Å². The standard InChI is InChI=1S/C26H25NO5/c1-3-12-31-20-10-5-9-19(15-20)24(28)22-23(18-8-4-7-17(2)14-18)27(26(30)25(22)29)16-21-11-6-13-32-21/h4-11,13-15,23,28H,3,12,16H2,1-2H3/b24-22-. The lowest BCUT2D eigenvalue weighted by Gasteiger charge is -2.24. The third kappa shape index (κ3) is 4.17. The number of Topliss-reactive ketones (excluding diaryl/α,β-unsaturated/α-hetero) is 1. The van der Waals surface area contributed by atoms with Crippen molar-refractivity contribution in [1.29, 1.82) is 0 Å². The lowest BCUT2D eigenvalue weighted by molar-refractivity contribution is -0.140. The Balaban J connectivity index is 1.82. The Hall–Kier alpha value is -3.80. The van der Waals surface area contributed by atoms with Gasteiger partial charge in [-0.2, -0.15) is 0 Å². The van der Waals surface area contributed by atoms with Crippen molar-refractivity contribution in [1.82, 2.24) is 4.90 Å². The maximum Gasteiger partial charge on any atom is 0.296 e. The number of ether oxygens (including phenoxy) is 1. The van der Waals surface area contributed by atoms with Gasteiger partial charge in [-0.25, -0.2) is 0 Å². The molecule has 6 heteroatoms. The largest absolute Gasteiger partial charge is 0.507 e. The fourth-order valence-electron chi connectivity index (χ4n) is 3.91. The van der Waals surface area contributed by atoms with E-state index in [0.717, 1.165) is 17.5 Å². The van der Waals surface area contributed by atoms with Gasteiger partial charge in [0.1, 0.15) is 17.3 Å². The first-order valence-electron chi connectivity index (χ1n) is 10.6. The highest BCUT2D eigenvalue weighted by molar-refractivity contribution is 6.46. The molecule has 3 aromatic rings. The number of amides is 1. The monoisotopic (exact) mass is 431 g/mol. The van der Waals surface area contributed by atoms with Crippen molar-refractivity contribution in [3.05, 3.63) is 95.0 Å². The first-order valence-corrected chi connectivity index (χ1v) is 10.6. The molecule has 1 fully saturated rings. The smallest absolute Gasteiger partial charge is 0.296 e. The average molecular weight is 431 g/mol. The van der Waals surface area contributed by atoms with Gasteiger partial charge in [-0.3, -0.25) is 9.59 Å². The van der Waals surface area contributed by atoms with Crippen LogP contribution in [-0.4, -0.2) is 28.3 Å². The first kappa shape index (κ1) is 21.4. The zero-order valence-corrected chi connectivity index (χ0v) is 18.1. The van der Waals surface area contributed by atoms with Crippen LogP contribution in [0, 0.1) is 6.92 Å². The molecule has 0 spiro atoms. The lowest BCUT2D eigenvalue weighted by atomic mass is 9.94. The highest BCUT2D eigenvalue weighted by Crippen LogP contribution is 2.40. The second-order valence-corrected chi connectivity index (χ2v) is 7.80. The molecule has 2 heterocycles. The summed E-state index contributed by atoms with van der Waals surface area (Å²) in [7, 11) is 0. The molecule has 1 atom stereocenters. The van der Waals surface area contributed by atoms with Gasteiger partial charge < -0.3 is 19.2 Å². The van der Waals surface area contributed by atoms with E-state index >= 15 is 0 Å². The van der Waals surface area contributed by atoms with Gasteiger partial charge in [0.15, 0.2) is 0 Å². The summed E-state index contributed by atoms with van der Waals surface area (Å²) in [6.07, 6.45) is 2.37. The predicted molar refractivity (Wildman–Crippen MR) is 120 cm³/mol. The number of hydrogen-bond acceptors (Lipinski definition) is 5. The highest BCUT2D eigenvalue weighted by atomic mass is 16.5. The number of hydrogen-bond donors (Lipinski definition) is 1. The molecule has 0 radical (unpaired) electrons. The molecule has 4 rings (SSSR count). The van der Waals surface area contributed by atoms with Crippen LogP contribution in [0.2, 0.25) is 0 Å². The van der Waals surface area contributed by atoms with Crippen LogP contribution in [0.1, 0.15) is 41.8 Å². The number of furan rings is 1. The summed E-state index contributed by atoms with van der Waals surface area (Å²) < 4.78 is 11.1. The van der Waals surface area contributed by atoms with Crippen molar-refractivity contribution in [2.24, 2.45) is 0 Å². The number of benzene rings is 2. The molecular weight excluding hydrogens is 406 g/mol. The van der Waals surface area contributed by atoms with Gasteiger partial charge in [0.05, 0.1) is 31.0 Å². The van der Waals surface area contributed by atoms with E-state index in [1.54, 1.807) is 36.4 Å². The Morgan fingerprint density at radius 3 is 2.62 bits per heavy atom.